The van der Waals surface area contributed by atoms with E-state index in [1.54, 1.807) is 0 Å². The first-order valence-corrected chi connectivity index (χ1v) is 7.55. The van der Waals surface area contributed by atoms with Crippen LogP contribution in [-0.4, -0.2) is 29.7 Å². The molecule has 0 aliphatic heterocycles. The molecule has 2 rings (SSSR count). The number of thiazole rings is 1. The molecule has 7 nitrogen and oxygen atoms in total. The summed E-state index contributed by atoms with van der Waals surface area (Å²) in [5, 5.41) is 15.0. The second kappa shape index (κ2) is 6.57. The lowest BCUT2D eigenvalue weighted by atomic mass is 10.2. The first-order valence-electron chi connectivity index (χ1n) is 6.73. The van der Waals surface area contributed by atoms with Crippen LogP contribution in [0.4, 0.5) is 10.8 Å². The maximum Gasteiger partial charge on any atom is 0.300 e. The van der Waals surface area contributed by atoms with Gasteiger partial charge in [0.05, 0.1) is 24.2 Å². The van der Waals surface area contributed by atoms with Crippen LogP contribution in [0.3, 0.4) is 0 Å². The van der Waals surface area contributed by atoms with Gasteiger partial charge in [0.1, 0.15) is 4.70 Å². The van der Waals surface area contributed by atoms with Gasteiger partial charge in [0.2, 0.25) is 0 Å². The van der Waals surface area contributed by atoms with Crippen molar-refractivity contribution in [3.63, 3.8) is 0 Å². The highest BCUT2D eigenvalue weighted by Gasteiger charge is 2.25. The van der Waals surface area contributed by atoms with Crippen LogP contribution >= 0.6 is 11.3 Å². The number of nitrogens with one attached hydrogen (secondary N) is 1. The molecule has 1 aromatic carbocycles. The molecule has 0 radical (unpaired) electrons. The molecule has 8 heteroatoms. The fourth-order valence-corrected chi connectivity index (χ4v) is 2.97. The molecular formula is C13H17N3O4S. The zero-order valence-corrected chi connectivity index (χ0v) is 13.0. The molecule has 0 fully saturated rings. The summed E-state index contributed by atoms with van der Waals surface area (Å²) in [6, 6.07) is 1.38. The maximum atomic E-state index is 11.3. The Morgan fingerprint density at radius 1 is 1.33 bits per heavy atom. The predicted octanol–water partition coefficient (Wildman–Crippen LogP) is 3.43. The number of nitro benzene ring substituents is 1. The molecule has 2 aromatic rings. The lowest BCUT2D eigenvalue weighted by Gasteiger charge is -2.11. The average molecular weight is 311 g/mol. The van der Waals surface area contributed by atoms with E-state index in [2.05, 4.69) is 10.3 Å². The molecule has 1 heterocycles. The number of rotatable bonds is 7. The molecule has 1 N–H and O–H groups in total. The SMILES string of the molecule is CCNc1nc2c([N+](=O)[O-])cc(OCC)c(OCC)c2s1. The largest absolute Gasteiger partial charge is 0.490 e. The summed E-state index contributed by atoms with van der Waals surface area (Å²) in [5.41, 5.74) is 0.255. The van der Waals surface area contributed by atoms with E-state index in [1.807, 2.05) is 20.8 Å². The minimum atomic E-state index is -0.448. The van der Waals surface area contributed by atoms with E-state index in [0.717, 1.165) is 0 Å². The topological polar surface area (TPSA) is 86.5 Å². The summed E-state index contributed by atoms with van der Waals surface area (Å²) in [4.78, 5) is 15.1. The standard InChI is InChI=1S/C13H17N3O4S/c1-4-14-13-15-10-8(16(17)18)7-9(19-5-2)11(20-6-3)12(10)21-13/h7H,4-6H2,1-3H3,(H,14,15). The molecule has 0 aliphatic carbocycles. The van der Waals surface area contributed by atoms with Crippen LogP contribution in [0.15, 0.2) is 6.07 Å². The van der Waals surface area contributed by atoms with Gasteiger partial charge in [0, 0.05) is 6.54 Å². The molecule has 0 atom stereocenters. The minimum absolute atomic E-state index is 0.0719. The summed E-state index contributed by atoms with van der Waals surface area (Å²) >= 11 is 1.33. The van der Waals surface area contributed by atoms with E-state index < -0.39 is 4.92 Å². The van der Waals surface area contributed by atoms with Gasteiger partial charge >= 0.3 is 0 Å². The van der Waals surface area contributed by atoms with Crippen LogP contribution in [0.25, 0.3) is 10.2 Å². The van der Waals surface area contributed by atoms with E-state index in [1.165, 1.54) is 17.4 Å². The predicted molar refractivity (Wildman–Crippen MR) is 82.8 cm³/mol. The Balaban J connectivity index is 2.71. The van der Waals surface area contributed by atoms with Gasteiger partial charge in [-0.25, -0.2) is 4.98 Å². The molecule has 1 aromatic heterocycles. The van der Waals surface area contributed by atoms with Crippen molar-refractivity contribution in [3.05, 3.63) is 16.2 Å². The highest BCUT2D eigenvalue weighted by atomic mass is 32.1. The second-order valence-electron chi connectivity index (χ2n) is 4.07. The van der Waals surface area contributed by atoms with Crippen molar-refractivity contribution in [2.24, 2.45) is 0 Å². The number of hydrogen-bond acceptors (Lipinski definition) is 7. The van der Waals surface area contributed by atoms with Crippen molar-refractivity contribution in [3.8, 4) is 11.5 Å². The summed E-state index contributed by atoms with van der Waals surface area (Å²) in [6.45, 7) is 7.16. The number of ether oxygens (including phenoxy) is 2. The molecule has 0 bridgehead atoms. The van der Waals surface area contributed by atoms with E-state index >= 15 is 0 Å². The molecule has 21 heavy (non-hydrogen) atoms. The zero-order valence-electron chi connectivity index (χ0n) is 12.1. The zero-order chi connectivity index (χ0) is 15.4. The van der Waals surface area contributed by atoms with Gasteiger partial charge < -0.3 is 14.8 Å². The average Bonchev–Trinajstić information content (AvgIpc) is 2.85. The van der Waals surface area contributed by atoms with Crippen molar-refractivity contribution >= 4 is 32.4 Å². The molecule has 0 saturated heterocycles. The van der Waals surface area contributed by atoms with Crippen LogP contribution in [0.5, 0.6) is 11.5 Å². The third kappa shape index (κ3) is 2.99. The highest BCUT2D eigenvalue weighted by Crippen LogP contribution is 2.45. The van der Waals surface area contributed by atoms with E-state index in [0.29, 0.717) is 46.6 Å². The number of nitro groups is 1. The van der Waals surface area contributed by atoms with Crippen LogP contribution in [0.2, 0.25) is 0 Å². The molecule has 0 saturated carbocycles. The van der Waals surface area contributed by atoms with Crippen molar-refractivity contribution in [1.29, 1.82) is 0 Å². The number of anilines is 1. The van der Waals surface area contributed by atoms with Crippen molar-refractivity contribution in [2.75, 3.05) is 25.1 Å². The van der Waals surface area contributed by atoms with E-state index in [4.69, 9.17) is 9.47 Å². The van der Waals surface area contributed by atoms with Gasteiger partial charge in [-0.15, -0.1) is 0 Å². The number of benzene rings is 1. The number of aromatic nitrogens is 1. The summed E-state index contributed by atoms with van der Waals surface area (Å²) < 4.78 is 11.7. The van der Waals surface area contributed by atoms with E-state index in [9.17, 15) is 10.1 Å². The highest BCUT2D eigenvalue weighted by molar-refractivity contribution is 7.22. The fraction of sp³-hybridized carbons (Fsp3) is 0.462. The Morgan fingerprint density at radius 3 is 2.62 bits per heavy atom. The van der Waals surface area contributed by atoms with Crippen LogP contribution in [0.1, 0.15) is 20.8 Å². The minimum Gasteiger partial charge on any atom is -0.490 e. The number of nitrogens with zero attached hydrogens (tertiary/aromatic N) is 2. The molecular weight excluding hydrogens is 294 g/mol. The molecule has 0 amide bonds. The maximum absolute atomic E-state index is 11.3. The van der Waals surface area contributed by atoms with Crippen LogP contribution < -0.4 is 14.8 Å². The van der Waals surface area contributed by atoms with Crippen molar-refractivity contribution in [1.82, 2.24) is 4.98 Å². The Hall–Kier alpha value is -2.09. The Labute approximate surface area is 126 Å². The van der Waals surface area contributed by atoms with Crippen LogP contribution in [0, 0.1) is 10.1 Å². The van der Waals surface area contributed by atoms with E-state index in [-0.39, 0.29) is 5.69 Å². The van der Waals surface area contributed by atoms with Crippen molar-refractivity contribution in [2.45, 2.75) is 20.8 Å². The number of fused-ring (bicyclic) bond motifs is 1. The van der Waals surface area contributed by atoms with Crippen LogP contribution in [-0.2, 0) is 0 Å². The molecule has 0 unspecified atom stereocenters. The monoisotopic (exact) mass is 311 g/mol. The third-order valence-corrected chi connectivity index (χ3v) is 3.69. The summed E-state index contributed by atoms with van der Waals surface area (Å²) in [6.07, 6.45) is 0. The van der Waals surface area contributed by atoms with Gasteiger partial charge in [-0.1, -0.05) is 11.3 Å². The molecule has 0 aliphatic rings. The Kier molecular flexibility index (Phi) is 4.79. The summed E-state index contributed by atoms with van der Waals surface area (Å²) in [5.74, 6) is 0.895. The fourth-order valence-electron chi connectivity index (χ4n) is 1.93. The number of non-ortho nitro benzene ring substituents is 1. The van der Waals surface area contributed by atoms with Gasteiger partial charge in [-0.3, -0.25) is 10.1 Å². The Bertz CT molecular complexity index is 656. The lowest BCUT2D eigenvalue weighted by Crippen LogP contribution is -2.00. The quantitative estimate of drug-likeness (QED) is 0.622. The van der Waals surface area contributed by atoms with Gasteiger partial charge in [-0.05, 0) is 20.8 Å². The molecule has 114 valence electrons. The summed E-state index contributed by atoms with van der Waals surface area (Å²) in [7, 11) is 0. The smallest absolute Gasteiger partial charge is 0.300 e. The first-order chi connectivity index (χ1) is 10.1. The Morgan fingerprint density at radius 2 is 2.05 bits per heavy atom. The lowest BCUT2D eigenvalue weighted by molar-refractivity contribution is -0.383. The third-order valence-electron chi connectivity index (χ3n) is 2.68. The second-order valence-corrected chi connectivity index (χ2v) is 5.07. The van der Waals surface area contributed by atoms with Gasteiger partial charge in [0.15, 0.2) is 22.1 Å². The number of hydrogen-bond donors (Lipinski definition) is 1. The first kappa shape index (κ1) is 15.3. The normalized spacial score (nSPS) is 10.6. The van der Waals surface area contributed by atoms with Gasteiger partial charge in [0.25, 0.3) is 5.69 Å². The van der Waals surface area contributed by atoms with Gasteiger partial charge in [-0.2, -0.15) is 0 Å². The van der Waals surface area contributed by atoms with Crippen molar-refractivity contribution < 1.29 is 14.4 Å². The molecule has 0 spiro atoms.